The summed E-state index contributed by atoms with van der Waals surface area (Å²) in [4.78, 5) is 13.0. The molecule has 6 heteroatoms. The van der Waals surface area contributed by atoms with Crippen molar-refractivity contribution in [1.82, 2.24) is 14.9 Å². The van der Waals surface area contributed by atoms with Crippen LogP contribution in [0.25, 0.3) is 0 Å². The molecule has 0 bridgehead atoms. The number of aromatic nitrogens is 2. The molecule has 2 aliphatic heterocycles. The molecule has 1 unspecified atom stereocenters. The molecule has 2 aliphatic rings. The van der Waals surface area contributed by atoms with Gasteiger partial charge in [0.2, 0.25) is 5.95 Å². The van der Waals surface area contributed by atoms with Gasteiger partial charge >= 0.3 is 0 Å². The van der Waals surface area contributed by atoms with Gasteiger partial charge in [-0.15, -0.1) is 0 Å². The zero-order valence-corrected chi connectivity index (χ0v) is 9.84. The summed E-state index contributed by atoms with van der Waals surface area (Å²) in [5.41, 5.74) is 11.3. The van der Waals surface area contributed by atoms with E-state index in [1.54, 1.807) is 6.07 Å². The molecule has 6 nitrogen and oxygen atoms in total. The van der Waals surface area contributed by atoms with Crippen molar-refractivity contribution in [3.05, 3.63) is 6.07 Å². The Hall–Kier alpha value is -1.56. The van der Waals surface area contributed by atoms with Crippen LogP contribution in [0.5, 0.6) is 0 Å². The first kappa shape index (κ1) is 10.6. The zero-order chi connectivity index (χ0) is 11.8. The van der Waals surface area contributed by atoms with Crippen LogP contribution in [-0.2, 0) is 0 Å². The Balaban J connectivity index is 1.80. The molecule has 2 saturated heterocycles. The molecule has 2 fully saturated rings. The van der Waals surface area contributed by atoms with Crippen LogP contribution in [0.3, 0.4) is 0 Å². The smallest absolute Gasteiger partial charge is 0.223 e. The molecule has 0 aromatic carbocycles. The second-order valence-electron chi connectivity index (χ2n) is 4.79. The van der Waals surface area contributed by atoms with Gasteiger partial charge in [0.1, 0.15) is 11.6 Å². The van der Waals surface area contributed by atoms with E-state index >= 15 is 0 Å². The van der Waals surface area contributed by atoms with Gasteiger partial charge in [-0.1, -0.05) is 0 Å². The summed E-state index contributed by atoms with van der Waals surface area (Å²) >= 11 is 0. The number of hydrogen-bond acceptors (Lipinski definition) is 6. The second kappa shape index (κ2) is 4.03. The minimum absolute atomic E-state index is 0.258. The Morgan fingerprint density at radius 3 is 2.88 bits per heavy atom. The minimum atomic E-state index is 0.258. The van der Waals surface area contributed by atoms with Crippen LogP contribution in [0.2, 0.25) is 0 Å². The van der Waals surface area contributed by atoms with E-state index in [0.29, 0.717) is 11.9 Å². The van der Waals surface area contributed by atoms with Gasteiger partial charge < -0.3 is 16.4 Å². The van der Waals surface area contributed by atoms with Crippen molar-refractivity contribution in [2.45, 2.75) is 18.9 Å². The van der Waals surface area contributed by atoms with Crippen LogP contribution in [0.4, 0.5) is 17.6 Å². The van der Waals surface area contributed by atoms with E-state index in [4.69, 9.17) is 11.5 Å². The molecule has 4 N–H and O–H groups in total. The van der Waals surface area contributed by atoms with Gasteiger partial charge in [0, 0.05) is 31.7 Å². The van der Waals surface area contributed by atoms with Crippen LogP contribution in [0.1, 0.15) is 12.8 Å². The first-order valence-corrected chi connectivity index (χ1v) is 6.11. The molecule has 1 aromatic rings. The summed E-state index contributed by atoms with van der Waals surface area (Å²) < 4.78 is 0. The van der Waals surface area contributed by atoms with E-state index in [-0.39, 0.29) is 5.95 Å². The van der Waals surface area contributed by atoms with Gasteiger partial charge in [0.25, 0.3) is 0 Å². The number of anilines is 3. The fourth-order valence-corrected chi connectivity index (χ4v) is 2.83. The predicted molar refractivity (Wildman–Crippen MR) is 67.7 cm³/mol. The summed E-state index contributed by atoms with van der Waals surface area (Å²) in [5, 5.41) is 0. The Morgan fingerprint density at radius 1 is 1.18 bits per heavy atom. The Morgan fingerprint density at radius 2 is 2.06 bits per heavy atom. The third kappa shape index (κ3) is 2.00. The van der Waals surface area contributed by atoms with Crippen molar-refractivity contribution in [1.29, 1.82) is 0 Å². The first-order valence-electron chi connectivity index (χ1n) is 6.11. The third-order valence-electron chi connectivity index (χ3n) is 3.66. The number of hydrogen-bond donors (Lipinski definition) is 2. The van der Waals surface area contributed by atoms with Gasteiger partial charge in [-0.2, -0.15) is 9.97 Å². The van der Waals surface area contributed by atoms with E-state index in [0.717, 1.165) is 25.5 Å². The molecule has 3 heterocycles. The number of nitrogen functional groups attached to an aromatic ring is 2. The van der Waals surface area contributed by atoms with Crippen molar-refractivity contribution in [3.8, 4) is 0 Å². The van der Waals surface area contributed by atoms with Crippen molar-refractivity contribution >= 4 is 17.6 Å². The summed E-state index contributed by atoms with van der Waals surface area (Å²) in [6, 6.07) is 2.47. The monoisotopic (exact) mass is 234 g/mol. The minimum Gasteiger partial charge on any atom is -0.383 e. The quantitative estimate of drug-likeness (QED) is 0.707. The Bertz CT molecular complexity index is 400. The molecular formula is C11H18N6. The van der Waals surface area contributed by atoms with Gasteiger partial charge in [-0.3, -0.25) is 4.90 Å². The Labute approximate surface area is 101 Å². The highest BCUT2D eigenvalue weighted by Crippen LogP contribution is 2.25. The molecule has 0 amide bonds. The standard InChI is InChI=1S/C11H18N6/c12-9-6-10(15-11(13)14-9)17-5-4-16-3-1-2-8(16)7-17/h6,8H,1-5,7H2,(H4,12,13,14,15). The molecule has 0 saturated carbocycles. The highest BCUT2D eigenvalue weighted by Gasteiger charge is 2.31. The van der Waals surface area contributed by atoms with E-state index in [9.17, 15) is 0 Å². The average Bonchev–Trinajstić information content (AvgIpc) is 2.74. The lowest BCUT2D eigenvalue weighted by atomic mass is 10.1. The van der Waals surface area contributed by atoms with Crippen LogP contribution < -0.4 is 16.4 Å². The van der Waals surface area contributed by atoms with Crippen molar-refractivity contribution in [2.75, 3.05) is 42.5 Å². The summed E-state index contributed by atoms with van der Waals surface area (Å²) in [6.07, 6.45) is 2.60. The number of nitrogens with two attached hydrogens (primary N) is 2. The maximum absolute atomic E-state index is 5.70. The fourth-order valence-electron chi connectivity index (χ4n) is 2.83. The number of rotatable bonds is 1. The Kier molecular flexibility index (Phi) is 2.51. The average molecular weight is 234 g/mol. The van der Waals surface area contributed by atoms with E-state index in [1.807, 2.05) is 0 Å². The third-order valence-corrected chi connectivity index (χ3v) is 3.66. The second-order valence-corrected chi connectivity index (χ2v) is 4.79. The maximum atomic E-state index is 5.70. The molecule has 0 aliphatic carbocycles. The molecule has 17 heavy (non-hydrogen) atoms. The maximum Gasteiger partial charge on any atom is 0.223 e. The predicted octanol–water partition coefficient (Wildman–Crippen LogP) is -0.0746. The highest BCUT2D eigenvalue weighted by atomic mass is 15.3. The molecule has 0 spiro atoms. The molecule has 0 radical (unpaired) electrons. The molecule has 1 aromatic heterocycles. The lowest BCUT2D eigenvalue weighted by Gasteiger charge is -2.38. The van der Waals surface area contributed by atoms with Crippen molar-refractivity contribution in [3.63, 3.8) is 0 Å². The van der Waals surface area contributed by atoms with Crippen LogP contribution >= 0.6 is 0 Å². The lowest BCUT2D eigenvalue weighted by molar-refractivity contribution is 0.230. The van der Waals surface area contributed by atoms with Crippen LogP contribution in [-0.4, -0.2) is 47.1 Å². The molecular weight excluding hydrogens is 216 g/mol. The lowest BCUT2D eigenvalue weighted by Crippen LogP contribution is -2.50. The number of piperazine rings is 1. The largest absolute Gasteiger partial charge is 0.383 e. The highest BCUT2D eigenvalue weighted by molar-refractivity contribution is 5.50. The molecule has 92 valence electrons. The summed E-state index contributed by atoms with van der Waals surface area (Å²) in [6.45, 7) is 4.36. The van der Waals surface area contributed by atoms with Crippen molar-refractivity contribution < 1.29 is 0 Å². The van der Waals surface area contributed by atoms with E-state index < -0.39 is 0 Å². The van der Waals surface area contributed by atoms with E-state index in [1.165, 1.54) is 19.4 Å². The normalized spacial score (nSPS) is 24.9. The molecule has 3 rings (SSSR count). The van der Waals surface area contributed by atoms with Gasteiger partial charge in [0.05, 0.1) is 0 Å². The zero-order valence-electron chi connectivity index (χ0n) is 9.84. The van der Waals surface area contributed by atoms with Crippen LogP contribution in [0, 0.1) is 0 Å². The SMILES string of the molecule is Nc1cc(N2CCN3CCCC3C2)nc(N)n1. The molecule has 1 atom stereocenters. The van der Waals surface area contributed by atoms with Gasteiger partial charge in [0.15, 0.2) is 0 Å². The summed E-state index contributed by atoms with van der Waals surface area (Å²) in [5.74, 6) is 1.57. The van der Waals surface area contributed by atoms with Gasteiger partial charge in [-0.25, -0.2) is 0 Å². The fraction of sp³-hybridized carbons (Fsp3) is 0.636. The number of fused-ring (bicyclic) bond motifs is 1. The van der Waals surface area contributed by atoms with Crippen LogP contribution in [0.15, 0.2) is 6.07 Å². The first-order chi connectivity index (χ1) is 8.22. The topological polar surface area (TPSA) is 84.3 Å². The van der Waals surface area contributed by atoms with Crippen molar-refractivity contribution in [2.24, 2.45) is 0 Å². The van der Waals surface area contributed by atoms with E-state index in [2.05, 4.69) is 19.8 Å². The number of nitrogens with zero attached hydrogens (tertiary/aromatic N) is 4. The summed E-state index contributed by atoms with van der Waals surface area (Å²) in [7, 11) is 0. The van der Waals surface area contributed by atoms with Gasteiger partial charge in [-0.05, 0) is 19.4 Å².